The van der Waals surface area contributed by atoms with Gasteiger partial charge in [-0.25, -0.2) is 0 Å². The van der Waals surface area contributed by atoms with Gasteiger partial charge in [-0.2, -0.15) is 0 Å². The van der Waals surface area contributed by atoms with E-state index in [0.717, 1.165) is 5.56 Å². The van der Waals surface area contributed by atoms with Crippen molar-refractivity contribution in [2.75, 3.05) is 5.32 Å². The number of aromatic hydroxyl groups is 1. The number of nitrogens with zero attached hydrogens (tertiary/aromatic N) is 1. The highest BCUT2D eigenvalue weighted by molar-refractivity contribution is 5.51. The van der Waals surface area contributed by atoms with Crippen molar-refractivity contribution < 1.29 is 10.0 Å². The molecule has 0 fully saturated rings. The van der Waals surface area contributed by atoms with Crippen LogP contribution in [0.5, 0.6) is 5.75 Å². The Morgan fingerprint density at radius 2 is 1.89 bits per heavy atom. The molecular weight excluding hydrogens is 232 g/mol. The van der Waals surface area contributed by atoms with Crippen LogP contribution in [0, 0.1) is 10.1 Å². The van der Waals surface area contributed by atoms with Gasteiger partial charge in [-0.05, 0) is 23.8 Å². The molecule has 0 unspecified atom stereocenters. The zero-order chi connectivity index (χ0) is 13.0. The molecule has 0 bridgehead atoms. The van der Waals surface area contributed by atoms with Crippen molar-refractivity contribution in [1.29, 1.82) is 0 Å². The van der Waals surface area contributed by atoms with Crippen LogP contribution < -0.4 is 5.32 Å². The summed E-state index contributed by atoms with van der Waals surface area (Å²) in [6.45, 7) is 0.543. The molecule has 0 heterocycles. The first-order valence-electron chi connectivity index (χ1n) is 5.41. The van der Waals surface area contributed by atoms with Crippen molar-refractivity contribution in [2.24, 2.45) is 0 Å². The number of benzene rings is 2. The molecule has 0 saturated heterocycles. The number of non-ortho nitro benzene ring substituents is 1. The van der Waals surface area contributed by atoms with Crippen molar-refractivity contribution in [3.05, 3.63) is 64.2 Å². The molecule has 0 aliphatic rings. The highest BCUT2D eigenvalue weighted by Gasteiger charge is 2.05. The zero-order valence-electron chi connectivity index (χ0n) is 9.54. The van der Waals surface area contributed by atoms with E-state index in [1.54, 1.807) is 36.4 Å². The number of nitrogens with one attached hydrogen (secondary N) is 1. The molecule has 5 heteroatoms. The summed E-state index contributed by atoms with van der Waals surface area (Å²) in [6.07, 6.45) is 0. The Morgan fingerprint density at radius 1 is 1.17 bits per heavy atom. The third-order valence-electron chi connectivity index (χ3n) is 2.49. The lowest BCUT2D eigenvalue weighted by atomic mass is 10.2. The summed E-state index contributed by atoms with van der Waals surface area (Å²) in [5, 5.41) is 22.8. The number of anilines is 1. The molecule has 0 amide bonds. The van der Waals surface area contributed by atoms with Gasteiger partial charge in [0.25, 0.3) is 5.69 Å². The number of phenols is 1. The lowest BCUT2D eigenvalue weighted by Gasteiger charge is -2.06. The van der Waals surface area contributed by atoms with Gasteiger partial charge in [0.05, 0.1) is 4.92 Å². The molecule has 5 nitrogen and oxygen atoms in total. The minimum Gasteiger partial charge on any atom is -0.508 e. The molecule has 2 aromatic carbocycles. The fourth-order valence-electron chi connectivity index (χ4n) is 1.55. The fraction of sp³-hybridized carbons (Fsp3) is 0.0769. The Kier molecular flexibility index (Phi) is 3.43. The van der Waals surface area contributed by atoms with E-state index < -0.39 is 4.92 Å². The molecule has 2 rings (SSSR count). The van der Waals surface area contributed by atoms with E-state index in [1.165, 1.54) is 12.1 Å². The van der Waals surface area contributed by atoms with Crippen molar-refractivity contribution in [3.8, 4) is 5.75 Å². The predicted octanol–water partition coefficient (Wildman–Crippen LogP) is 2.91. The smallest absolute Gasteiger partial charge is 0.271 e. The number of nitro groups is 1. The molecule has 92 valence electrons. The first-order chi connectivity index (χ1) is 8.65. The van der Waals surface area contributed by atoms with Crippen LogP contribution in [-0.4, -0.2) is 10.0 Å². The van der Waals surface area contributed by atoms with Gasteiger partial charge in [0.15, 0.2) is 0 Å². The van der Waals surface area contributed by atoms with Gasteiger partial charge in [-0.3, -0.25) is 10.1 Å². The molecule has 0 saturated carbocycles. The summed E-state index contributed by atoms with van der Waals surface area (Å²) in [5.41, 5.74) is 1.74. The standard InChI is InChI=1S/C13H12N2O3/c16-13-6-4-10(5-7-13)9-14-11-2-1-3-12(8-11)15(17)18/h1-8,14,16H,9H2. The predicted molar refractivity (Wildman–Crippen MR) is 68.5 cm³/mol. The normalized spacial score (nSPS) is 10.0. The van der Waals surface area contributed by atoms with Crippen LogP contribution >= 0.6 is 0 Å². The second-order valence-corrected chi connectivity index (χ2v) is 3.83. The molecule has 0 aliphatic carbocycles. The second kappa shape index (κ2) is 5.18. The molecule has 2 aromatic rings. The minimum atomic E-state index is -0.425. The summed E-state index contributed by atoms with van der Waals surface area (Å²) in [5.74, 6) is 0.217. The number of nitro benzene ring substituents is 1. The third kappa shape index (κ3) is 2.98. The Labute approximate surface area is 104 Å². The topological polar surface area (TPSA) is 75.4 Å². The Balaban J connectivity index is 2.04. The maximum absolute atomic E-state index is 10.6. The van der Waals surface area contributed by atoms with Crippen LogP contribution in [0.3, 0.4) is 0 Å². The number of phenolic OH excluding ortho intramolecular Hbond substituents is 1. The molecule has 0 atom stereocenters. The van der Waals surface area contributed by atoms with Crippen molar-refractivity contribution >= 4 is 11.4 Å². The van der Waals surface area contributed by atoms with E-state index in [-0.39, 0.29) is 11.4 Å². The first-order valence-corrected chi connectivity index (χ1v) is 5.41. The average Bonchev–Trinajstić information content (AvgIpc) is 2.38. The van der Waals surface area contributed by atoms with Gasteiger partial charge in [0, 0.05) is 24.4 Å². The van der Waals surface area contributed by atoms with Crippen LogP contribution in [-0.2, 0) is 6.54 Å². The van der Waals surface area contributed by atoms with E-state index in [2.05, 4.69) is 5.32 Å². The van der Waals surface area contributed by atoms with E-state index in [4.69, 9.17) is 5.11 Å². The summed E-state index contributed by atoms with van der Waals surface area (Å²) >= 11 is 0. The van der Waals surface area contributed by atoms with Gasteiger partial charge in [-0.1, -0.05) is 18.2 Å². The maximum atomic E-state index is 10.6. The summed E-state index contributed by atoms with van der Waals surface area (Å²) in [7, 11) is 0. The molecule has 0 radical (unpaired) electrons. The Hall–Kier alpha value is -2.56. The van der Waals surface area contributed by atoms with E-state index in [1.807, 2.05) is 0 Å². The highest BCUT2D eigenvalue weighted by Crippen LogP contribution is 2.18. The monoisotopic (exact) mass is 244 g/mol. The molecular formula is C13H12N2O3. The number of hydrogen-bond donors (Lipinski definition) is 2. The van der Waals surface area contributed by atoms with Crippen LogP contribution in [0.1, 0.15) is 5.56 Å². The third-order valence-corrected chi connectivity index (χ3v) is 2.49. The highest BCUT2D eigenvalue weighted by atomic mass is 16.6. The fourth-order valence-corrected chi connectivity index (χ4v) is 1.55. The summed E-state index contributed by atoms with van der Waals surface area (Å²) < 4.78 is 0. The van der Waals surface area contributed by atoms with Gasteiger partial charge in [0.1, 0.15) is 5.75 Å². The van der Waals surface area contributed by atoms with Gasteiger partial charge < -0.3 is 10.4 Å². The van der Waals surface area contributed by atoms with Crippen molar-refractivity contribution in [1.82, 2.24) is 0 Å². The Bertz CT molecular complexity index is 552. The van der Waals surface area contributed by atoms with Crippen LogP contribution in [0.4, 0.5) is 11.4 Å². The first kappa shape index (κ1) is 11.9. The minimum absolute atomic E-state index is 0.0608. The van der Waals surface area contributed by atoms with Crippen molar-refractivity contribution in [3.63, 3.8) is 0 Å². The van der Waals surface area contributed by atoms with Crippen LogP contribution in [0.25, 0.3) is 0 Å². The lowest BCUT2D eigenvalue weighted by Crippen LogP contribution is -1.99. The van der Waals surface area contributed by atoms with Gasteiger partial charge in [0.2, 0.25) is 0 Å². The molecule has 18 heavy (non-hydrogen) atoms. The zero-order valence-corrected chi connectivity index (χ0v) is 9.54. The lowest BCUT2D eigenvalue weighted by molar-refractivity contribution is -0.384. The van der Waals surface area contributed by atoms with E-state index in [9.17, 15) is 10.1 Å². The van der Waals surface area contributed by atoms with Gasteiger partial charge in [-0.15, -0.1) is 0 Å². The quantitative estimate of drug-likeness (QED) is 0.640. The molecule has 2 N–H and O–H groups in total. The molecule has 0 aliphatic heterocycles. The SMILES string of the molecule is O=[N+]([O-])c1cccc(NCc2ccc(O)cc2)c1. The van der Waals surface area contributed by atoms with Gasteiger partial charge >= 0.3 is 0 Å². The number of hydrogen-bond acceptors (Lipinski definition) is 4. The summed E-state index contributed by atoms with van der Waals surface area (Å²) in [6, 6.07) is 13.1. The molecule has 0 aromatic heterocycles. The number of rotatable bonds is 4. The second-order valence-electron chi connectivity index (χ2n) is 3.83. The summed E-state index contributed by atoms with van der Waals surface area (Å²) in [4.78, 5) is 10.2. The average molecular weight is 244 g/mol. The van der Waals surface area contributed by atoms with E-state index in [0.29, 0.717) is 12.2 Å². The van der Waals surface area contributed by atoms with Crippen LogP contribution in [0.15, 0.2) is 48.5 Å². The largest absolute Gasteiger partial charge is 0.508 e. The molecule has 0 spiro atoms. The van der Waals surface area contributed by atoms with Crippen molar-refractivity contribution in [2.45, 2.75) is 6.54 Å². The Morgan fingerprint density at radius 3 is 2.56 bits per heavy atom. The van der Waals surface area contributed by atoms with E-state index >= 15 is 0 Å². The maximum Gasteiger partial charge on any atom is 0.271 e. The van der Waals surface area contributed by atoms with Crippen LogP contribution in [0.2, 0.25) is 0 Å².